The zero-order chi connectivity index (χ0) is 13.5. The average Bonchev–Trinajstić information content (AvgIpc) is 2.51. The standard InChI is InChI=1S/C14H29N3O/c1-11(2)9-17(10-14(16)18)13-7-5-3-4-6-12(13)8-15/h11-13H,3-10,15H2,1-2H3,(H2,16,18). The first-order valence-corrected chi connectivity index (χ1v) is 7.27. The van der Waals surface area contributed by atoms with Gasteiger partial charge in [0.15, 0.2) is 0 Å². The minimum Gasteiger partial charge on any atom is -0.369 e. The van der Waals surface area contributed by atoms with E-state index in [-0.39, 0.29) is 5.91 Å². The van der Waals surface area contributed by atoms with Gasteiger partial charge in [0.05, 0.1) is 6.54 Å². The molecule has 0 radical (unpaired) electrons. The molecule has 4 N–H and O–H groups in total. The highest BCUT2D eigenvalue weighted by Crippen LogP contribution is 2.27. The van der Waals surface area contributed by atoms with Crippen molar-refractivity contribution < 1.29 is 4.79 Å². The monoisotopic (exact) mass is 255 g/mol. The van der Waals surface area contributed by atoms with Crippen LogP contribution in [-0.4, -0.2) is 36.5 Å². The Kier molecular flexibility index (Phi) is 6.65. The smallest absolute Gasteiger partial charge is 0.231 e. The number of amides is 1. The van der Waals surface area contributed by atoms with Crippen molar-refractivity contribution in [2.45, 2.75) is 52.0 Å². The fourth-order valence-electron chi connectivity index (χ4n) is 3.11. The van der Waals surface area contributed by atoms with E-state index >= 15 is 0 Å². The second kappa shape index (κ2) is 7.74. The molecule has 4 nitrogen and oxygen atoms in total. The predicted molar refractivity (Wildman–Crippen MR) is 75.0 cm³/mol. The van der Waals surface area contributed by atoms with Crippen LogP contribution in [-0.2, 0) is 4.79 Å². The van der Waals surface area contributed by atoms with Crippen molar-refractivity contribution >= 4 is 5.91 Å². The van der Waals surface area contributed by atoms with E-state index < -0.39 is 0 Å². The minimum atomic E-state index is -0.226. The molecule has 1 aliphatic rings. The van der Waals surface area contributed by atoms with E-state index in [1.807, 2.05) is 0 Å². The third-order valence-electron chi connectivity index (χ3n) is 3.85. The molecule has 18 heavy (non-hydrogen) atoms. The van der Waals surface area contributed by atoms with Crippen LogP contribution in [0.3, 0.4) is 0 Å². The summed E-state index contributed by atoms with van der Waals surface area (Å²) in [6, 6.07) is 0.437. The molecular formula is C14H29N3O. The summed E-state index contributed by atoms with van der Waals surface area (Å²) >= 11 is 0. The van der Waals surface area contributed by atoms with Crippen LogP contribution < -0.4 is 11.5 Å². The van der Waals surface area contributed by atoms with Gasteiger partial charge in [-0.3, -0.25) is 9.69 Å². The van der Waals surface area contributed by atoms with Gasteiger partial charge in [0.2, 0.25) is 5.91 Å². The summed E-state index contributed by atoms with van der Waals surface area (Å²) in [4.78, 5) is 13.5. The highest BCUT2D eigenvalue weighted by Gasteiger charge is 2.29. The van der Waals surface area contributed by atoms with E-state index in [0.717, 1.165) is 19.5 Å². The Labute approximate surface area is 111 Å². The topological polar surface area (TPSA) is 72.3 Å². The van der Waals surface area contributed by atoms with Gasteiger partial charge in [-0.05, 0) is 31.2 Å². The van der Waals surface area contributed by atoms with Gasteiger partial charge in [0.1, 0.15) is 0 Å². The summed E-state index contributed by atoms with van der Waals surface area (Å²) in [5.74, 6) is 0.840. The Hall–Kier alpha value is -0.610. The molecule has 1 amide bonds. The summed E-state index contributed by atoms with van der Waals surface area (Å²) in [5, 5.41) is 0. The summed E-state index contributed by atoms with van der Waals surface area (Å²) in [6.45, 7) is 6.39. The lowest BCUT2D eigenvalue weighted by atomic mass is 9.92. The second-order valence-corrected chi connectivity index (χ2v) is 5.99. The summed E-state index contributed by atoms with van der Waals surface area (Å²) in [6.07, 6.45) is 6.15. The van der Waals surface area contributed by atoms with Crippen molar-refractivity contribution in [3.05, 3.63) is 0 Å². The fraction of sp³-hybridized carbons (Fsp3) is 0.929. The van der Waals surface area contributed by atoms with Crippen molar-refractivity contribution in [1.29, 1.82) is 0 Å². The number of nitrogens with zero attached hydrogens (tertiary/aromatic N) is 1. The van der Waals surface area contributed by atoms with Gasteiger partial charge >= 0.3 is 0 Å². The van der Waals surface area contributed by atoms with Crippen LogP contribution in [0.25, 0.3) is 0 Å². The van der Waals surface area contributed by atoms with Crippen molar-refractivity contribution in [3.8, 4) is 0 Å². The lowest BCUT2D eigenvalue weighted by Crippen LogP contribution is -2.48. The zero-order valence-electron chi connectivity index (χ0n) is 11.9. The van der Waals surface area contributed by atoms with Crippen LogP contribution in [0.15, 0.2) is 0 Å². The number of hydrogen-bond acceptors (Lipinski definition) is 3. The van der Waals surface area contributed by atoms with E-state index in [9.17, 15) is 4.79 Å². The summed E-state index contributed by atoms with van der Waals surface area (Å²) in [5.41, 5.74) is 11.3. The molecule has 2 atom stereocenters. The molecule has 0 saturated heterocycles. The van der Waals surface area contributed by atoms with Gasteiger partial charge in [-0.1, -0.05) is 33.1 Å². The van der Waals surface area contributed by atoms with Gasteiger partial charge in [-0.25, -0.2) is 0 Å². The van der Waals surface area contributed by atoms with E-state index in [0.29, 0.717) is 24.4 Å². The average molecular weight is 255 g/mol. The Morgan fingerprint density at radius 1 is 1.28 bits per heavy atom. The van der Waals surface area contributed by atoms with Crippen molar-refractivity contribution in [1.82, 2.24) is 4.90 Å². The third kappa shape index (κ3) is 4.94. The van der Waals surface area contributed by atoms with Crippen molar-refractivity contribution in [2.75, 3.05) is 19.6 Å². The third-order valence-corrected chi connectivity index (χ3v) is 3.85. The molecule has 2 unspecified atom stereocenters. The summed E-state index contributed by atoms with van der Waals surface area (Å²) < 4.78 is 0. The van der Waals surface area contributed by atoms with Gasteiger partial charge in [0.25, 0.3) is 0 Å². The number of hydrogen-bond donors (Lipinski definition) is 2. The molecule has 0 heterocycles. The minimum absolute atomic E-state index is 0.226. The van der Waals surface area contributed by atoms with Crippen LogP contribution >= 0.6 is 0 Å². The zero-order valence-corrected chi connectivity index (χ0v) is 11.9. The van der Waals surface area contributed by atoms with Crippen LogP contribution in [0, 0.1) is 11.8 Å². The van der Waals surface area contributed by atoms with Crippen LogP contribution in [0.4, 0.5) is 0 Å². The molecule has 106 valence electrons. The maximum absolute atomic E-state index is 11.3. The van der Waals surface area contributed by atoms with E-state index in [1.165, 1.54) is 25.7 Å². The molecule has 0 aromatic rings. The van der Waals surface area contributed by atoms with Gasteiger partial charge in [0, 0.05) is 12.6 Å². The molecule has 1 saturated carbocycles. The lowest BCUT2D eigenvalue weighted by molar-refractivity contribution is -0.120. The molecule has 0 aromatic heterocycles. The number of rotatable bonds is 6. The number of carbonyl (C=O) groups excluding carboxylic acids is 1. The SMILES string of the molecule is CC(C)CN(CC(N)=O)C1CCCCCC1CN. The largest absolute Gasteiger partial charge is 0.369 e. The number of carbonyl (C=O) groups is 1. The predicted octanol–water partition coefficient (Wildman–Crippen LogP) is 1.34. The normalized spacial score (nSPS) is 25.4. The number of primary amides is 1. The van der Waals surface area contributed by atoms with E-state index in [2.05, 4.69) is 18.7 Å². The quantitative estimate of drug-likeness (QED) is 0.703. The Morgan fingerprint density at radius 2 is 1.94 bits per heavy atom. The first-order valence-electron chi connectivity index (χ1n) is 7.27. The van der Waals surface area contributed by atoms with E-state index in [4.69, 9.17) is 11.5 Å². The second-order valence-electron chi connectivity index (χ2n) is 5.99. The fourth-order valence-corrected chi connectivity index (χ4v) is 3.11. The molecule has 1 rings (SSSR count). The summed E-state index contributed by atoms with van der Waals surface area (Å²) in [7, 11) is 0. The molecule has 4 heteroatoms. The first kappa shape index (κ1) is 15.4. The van der Waals surface area contributed by atoms with Crippen LogP contribution in [0.1, 0.15) is 46.0 Å². The molecule has 0 bridgehead atoms. The molecule has 0 aromatic carbocycles. The van der Waals surface area contributed by atoms with Crippen molar-refractivity contribution in [3.63, 3.8) is 0 Å². The molecule has 0 spiro atoms. The van der Waals surface area contributed by atoms with Crippen LogP contribution in [0.2, 0.25) is 0 Å². The first-order chi connectivity index (χ1) is 8.54. The lowest BCUT2D eigenvalue weighted by Gasteiger charge is -2.36. The molecule has 0 aliphatic heterocycles. The van der Waals surface area contributed by atoms with Gasteiger partial charge in [-0.2, -0.15) is 0 Å². The molecular weight excluding hydrogens is 226 g/mol. The highest BCUT2D eigenvalue weighted by molar-refractivity contribution is 5.75. The van der Waals surface area contributed by atoms with Crippen LogP contribution in [0.5, 0.6) is 0 Å². The van der Waals surface area contributed by atoms with Gasteiger partial charge < -0.3 is 11.5 Å². The van der Waals surface area contributed by atoms with Crippen molar-refractivity contribution in [2.24, 2.45) is 23.3 Å². The molecule has 1 aliphatic carbocycles. The highest BCUT2D eigenvalue weighted by atomic mass is 16.1. The molecule has 1 fully saturated rings. The Balaban J connectivity index is 2.74. The maximum Gasteiger partial charge on any atom is 0.231 e. The Morgan fingerprint density at radius 3 is 2.50 bits per heavy atom. The van der Waals surface area contributed by atoms with E-state index in [1.54, 1.807) is 0 Å². The van der Waals surface area contributed by atoms with Gasteiger partial charge in [-0.15, -0.1) is 0 Å². The maximum atomic E-state index is 11.3. The Bertz CT molecular complexity index is 255. The number of nitrogens with two attached hydrogens (primary N) is 2.